The molecule has 6 heteroatoms. The first kappa shape index (κ1) is 24.9. The zero-order valence-corrected chi connectivity index (χ0v) is 21.2. The molecule has 1 heterocycles. The Balaban J connectivity index is 1.42. The first-order chi connectivity index (χ1) is 18.1. The molecule has 190 valence electrons. The standard InChI is InChI=1S/C31H33N3O3/c1-2-37-31(36)23-15-18-26-27(19-23)34-30(35)28(26)29(22-9-5-3-6-10-22)33-25-16-13-21(14-17-25)20-32-24-11-7-4-8-12-24/h3,5-6,9-10,13-19,24,28,32H,2,4,7-8,11-12,20H2,1H3,(H,34,35). The van der Waals surface area contributed by atoms with E-state index in [1.54, 1.807) is 19.1 Å². The number of benzene rings is 3. The number of hydrogen-bond acceptors (Lipinski definition) is 5. The van der Waals surface area contributed by atoms with Crippen LogP contribution in [0.2, 0.25) is 0 Å². The van der Waals surface area contributed by atoms with E-state index in [-0.39, 0.29) is 5.91 Å². The summed E-state index contributed by atoms with van der Waals surface area (Å²) in [7, 11) is 0. The molecule has 0 bridgehead atoms. The fraction of sp³-hybridized carbons (Fsp3) is 0.323. The molecular formula is C31H33N3O3. The van der Waals surface area contributed by atoms with Gasteiger partial charge in [-0.3, -0.25) is 9.79 Å². The second-order valence-electron chi connectivity index (χ2n) is 9.69. The number of nitrogens with one attached hydrogen (secondary N) is 2. The number of carbonyl (C=O) groups is 2. The van der Waals surface area contributed by atoms with Gasteiger partial charge in [-0.05, 0) is 60.7 Å². The molecule has 1 fully saturated rings. The topological polar surface area (TPSA) is 79.8 Å². The third kappa shape index (κ3) is 5.81. The summed E-state index contributed by atoms with van der Waals surface area (Å²) in [6, 6.07) is 23.8. The summed E-state index contributed by atoms with van der Waals surface area (Å²) in [5, 5.41) is 6.63. The van der Waals surface area contributed by atoms with Crippen LogP contribution in [-0.4, -0.2) is 30.2 Å². The highest BCUT2D eigenvalue weighted by atomic mass is 16.5. The maximum absolute atomic E-state index is 13.2. The Morgan fingerprint density at radius 1 is 0.973 bits per heavy atom. The van der Waals surface area contributed by atoms with Crippen molar-refractivity contribution in [3.63, 3.8) is 0 Å². The Kier molecular flexibility index (Phi) is 7.76. The maximum Gasteiger partial charge on any atom is 0.338 e. The van der Waals surface area contributed by atoms with Gasteiger partial charge < -0.3 is 15.4 Å². The quantitative estimate of drug-likeness (QED) is 0.290. The van der Waals surface area contributed by atoms with Gasteiger partial charge >= 0.3 is 5.97 Å². The van der Waals surface area contributed by atoms with Crippen molar-refractivity contribution < 1.29 is 14.3 Å². The zero-order valence-electron chi connectivity index (χ0n) is 21.2. The van der Waals surface area contributed by atoms with Crippen LogP contribution in [0.15, 0.2) is 77.8 Å². The van der Waals surface area contributed by atoms with Gasteiger partial charge in [-0.1, -0.05) is 67.8 Å². The molecular weight excluding hydrogens is 462 g/mol. The predicted octanol–water partition coefficient (Wildman–Crippen LogP) is 6.14. The van der Waals surface area contributed by atoms with Gasteiger partial charge in [0, 0.05) is 18.3 Å². The van der Waals surface area contributed by atoms with Gasteiger partial charge in [0.15, 0.2) is 0 Å². The fourth-order valence-electron chi connectivity index (χ4n) is 5.18. The highest BCUT2D eigenvalue weighted by molar-refractivity contribution is 6.24. The number of carbonyl (C=O) groups excluding carboxylic acids is 2. The number of hydrogen-bond donors (Lipinski definition) is 2. The smallest absolute Gasteiger partial charge is 0.338 e. The molecule has 0 radical (unpaired) electrons. The second-order valence-corrected chi connectivity index (χ2v) is 9.69. The van der Waals surface area contributed by atoms with E-state index in [1.165, 1.54) is 37.7 Å². The van der Waals surface area contributed by atoms with Crippen LogP contribution in [0.4, 0.5) is 11.4 Å². The monoisotopic (exact) mass is 495 g/mol. The SMILES string of the molecule is CCOC(=O)c1ccc2c(c1)NC(=O)C2C(=Nc1ccc(CNC2CCCCC2)cc1)c1ccccc1. The zero-order chi connectivity index (χ0) is 25.6. The molecule has 1 atom stereocenters. The lowest BCUT2D eigenvalue weighted by atomic mass is 9.90. The van der Waals surface area contributed by atoms with E-state index < -0.39 is 11.9 Å². The Hall–Kier alpha value is -3.77. The van der Waals surface area contributed by atoms with Crippen LogP contribution in [0, 0.1) is 0 Å². The van der Waals surface area contributed by atoms with Gasteiger partial charge in [-0.2, -0.15) is 0 Å². The molecule has 0 saturated heterocycles. The van der Waals surface area contributed by atoms with Crippen LogP contribution in [0.1, 0.15) is 72.0 Å². The second kappa shape index (κ2) is 11.5. The molecule has 6 nitrogen and oxygen atoms in total. The van der Waals surface area contributed by atoms with Crippen LogP contribution in [0.3, 0.4) is 0 Å². The molecule has 1 amide bonds. The van der Waals surface area contributed by atoms with Crippen LogP contribution in [0.5, 0.6) is 0 Å². The van der Waals surface area contributed by atoms with Crippen molar-refractivity contribution in [2.75, 3.05) is 11.9 Å². The lowest BCUT2D eigenvalue weighted by Gasteiger charge is -2.22. The van der Waals surface area contributed by atoms with E-state index in [2.05, 4.69) is 22.8 Å². The van der Waals surface area contributed by atoms with Crippen molar-refractivity contribution in [2.45, 2.75) is 57.5 Å². The Labute approximate surface area is 218 Å². The Morgan fingerprint density at radius 3 is 2.46 bits per heavy atom. The lowest BCUT2D eigenvalue weighted by molar-refractivity contribution is -0.115. The van der Waals surface area contributed by atoms with Crippen LogP contribution in [0.25, 0.3) is 0 Å². The molecule has 1 aliphatic carbocycles. The molecule has 2 aliphatic rings. The largest absolute Gasteiger partial charge is 0.462 e. The van der Waals surface area contributed by atoms with E-state index in [9.17, 15) is 9.59 Å². The molecule has 3 aromatic rings. The molecule has 0 aromatic heterocycles. The van der Waals surface area contributed by atoms with Crippen LogP contribution in [-0.2, 0) is 16.1 Å². The third-order valence-corrected chi connectivity index (χ3v) is 7.12. The number of nitrogens with zero attached hydrogens (tertiary/aromatic N) is 1. The summed E-state index contributed by atoms with van der Waals surface area (Å²) >= 11 is 0. The van der Waals surface area contributed by atoms with E-state index in [1.807, 2.05) is 48.5 Å². The lowest BCUT2D eigenvalue weighted by Crippen LogP contribution is -2.30. The number of fused-ring (bicyclic) bond motifs is 1. The number of aliphatic imine (C=N–C) groups is 1. The average Bonchev–Trinajstić information content (AvgIpc) is 3.27. The van der Waals surface area contributed by atoms with E-state index in [0.717, 1.165) is 23.4 Å². The van der Waals surface area contributed by atoms with Crippen molar-refractivity contribution in [3.05, 3.63) is 95.1 Å². The van der Waals surface area contributed by atoms with E-state index in [0.29, 0.717) is 29.6 Å². The number of amides is 1. The fourth-order valence-corrected chi connectivity index (χ4v) is 5.18. The van der Waals surface area contributed by atoms with Gasteiger partial charge in [0.05, 0.1) is 23.6 Å². The van der Waals surface area contributed by atoms with Crippen LogP contribution < -0.4 is 10.6 Å². The normalized spacial score (nSPS) is 17.8. The van der Waals surface area contributed by atoms with Crippen molar-refractivity contribution in [3.8, 4) is 0 Å². The summed E-state index contributed by atoms with van der Waals surface area (Å²) in [6.07, 6.45) is 6.50. The van der Waals surface area contributed by atoms with Gasteiger partial charge in [-0.25, -0.2) is 4.79 Å². The summed E-state index contributed by atoms with van der Waals surface area (Å²) in [5.41, 5.74) is 5.41. The molecule has 5 rings (SSSR count). The minimum atomic E-state index is -0.582. The highest BCUT2D eigenvalue weighted by Gasteiger charge is 2.36. The molecule has 1 saturated carbocycles. The van der Waals surface area contributed by atoms with Crippen molar-refractivity contribution >= 4 is 29.0 Å². The first-order valence-electron chi connectivity index (χ1n) is 13.2. The highest BCUT2D eigenvalue weighted by Crippen LogP contribution is 2.37. The number of anilines is 1. The molecule has 1 unspecified atom stereocenters. The minimum absolute atomic E-state index is 0.160. The van der Waals surface area contributed by atoms with Crippen molar-refractivity contribution in [1.82, 2.24) is 5.32 Å². The van der Waals surface area contributed by atoms with Gasteiger partial charge in [0.1, 0.15) is 5.92 Å². The Morgan fingerprint density at radius 2 is 1.73 bits per heavy atom. The molecule has 1 aliphatic heterocycles. The summed E-state index contributed by atoms with van der Waals surface area (Å²) < 4.78 is 5.12. The molecule has 37 heavy (non-hydrogen) atoms. The molecule has 2 N–H and O–H groups in total. The van der Waals surface area contributed by atoms with Crippen molar-refractivity contribution in [2.24, 2.45) is 4.99 Å². The summed E-state index contributed by atoms with van der Waals surface area (Å²) in [5.74, 6) is -1.15. The summed E-state index contributed by atoms with van der Waals surface area (Å²) in [6.45, 7) is 2.91. The average molecular weight is 496 g/mol. The number of ether oxygens (including phenoxy) is 1. The number of rotatable bonds is 8. The van der Waals surface area contributed by atoms with Gasteiger partial charge in [0.2, 0.25) is 5.91 Å². The third-order valence-electron chi connectivity index (χ3n) is 7.12. The number of esters is 1. The van der Waals surface area contributed by atoms with E-state index in [4.69, 9.17) is 9.73 Å². The van der Waals surface area contributed by atoms with Gasteiger partial charge in [-0.15, -0.1) is 0 Å². The van der Waals surface area contributed by atoms with E-state index >= 15 is 0 Å². The molecule has 3 aromatic carbocycles. The first-order valence-corrected chi connectivity index (χ1v) is 13.2. The van der Waals surface area contributed by atoms with Gasteiger partial charge in [0.25, 0.3) is 0 Å². The van der Waals surface area contributed by atoms with Crippen molar-refractivity contribution in [1.29, 1.82) is 0 Å². The van der Waals surface area contributed by atoms with Crippen LogP contribution >= 0.6 is 0 Å². The predicted molar refractivity (Wildman–Crippen MR) is 147 cm³/mol. The minimum Gasteiger partial charge on any atom is -0.462 e. The Bertz CT molecular complexity index is 1280. The maximum atomic E-state index is 13.2. The summed E-state index contributed by atoms with van der Waals surface area (Å²) in [4.78, 5) is 30.4. The molecule has 0 spiro atoms.